The van der Waals surface area contributed by atoms with Gasteiger partial charge in [-0.05, 0) is 18.3 Å². The number of nitrogens with zero attached hydrogens (tertiary/aromatic N) is 1. The zero-order valence-electron chi connectivity index (χ0n) is 11.1. The molecule has 0 atom stereocenters. The first kappa shape index (κ1) is 15.0. The van der Waals surface area contributed by atoms with Crippen LogP contribution >= 0.6 is 0 Å². The van der Waals surface area contributed by atoms with Crippen LogP contribution in [0.1, 0.15) is 38.5 Å². The zero-order chi connectivity index (χ0) is 14.6. The molecule has 0 radical (unpaired) electrons. The third kappa shape index (κ3) is 3.57. The van der Waals surface area contributed by atoms with Gasteiger partial charge < -0.3 is 10.1 Å². The maximum absolute atomic E-state index is 12.0. The molecule has 0 amide bonds. The Balaban J connectivity index is 2.07. The first-order valence-electron chi connectivity index (χ1n) is 6.63. The van der Waals surface area contributed by atoms with Crippen molar-refractivity contribution < 1.29 is 18.3 Å². The number of hydrogen-bond acceptors (Lipinski definition) is 4. The summed E-state index contributed by atoms with van der Waals surface area (Å²) in [5, 5.41) is 9.05. The molecule has 2 rings (SSSR count). The summed E-state index contributed by atoms with van der Waals surface area (Å²) >= 11 is 0. The van der Waals surface area contributed by atoms with E-state index in [-0.39, 0.29) is 18.0 Å². The number of aromatic amines is 1. The van der Waals surface area contributed by atoms with Crippen LogP contribution in [-0.4, -0.2) is 36.0 Å². The minimum atomic E-state index is -3.65. The molecular formula is C12H19N3O4S. The number of H-pyrrole nitrogens is 1. The van der Waals surface area contributed by atoms with Crippen LogP contribution in [0.2, 0.25) is 0 Å². The highest BCUT2D eigenvalue weighted by molar-refractivity contribution is 7.89. The molecule has 1 saturated carbocycles. The molecular weight excluding hydrogens is 282 g/mol. The Morgan fingerprint density at radius 3 is 2.65 bits per heavy atom. The largest absolute Gasteiger partial charge is 0.481 e. The standard InChI is InChI=1S/C12H19N3O4S/c16-11(17)6-12(4-2-1-3-5-12)8-15-20(18,19)10-7-13-9-14-10/h7,9,15H,1-6,8H2,(H,13,14)(H,16,17). The Morgan fingerprint density at radius 2 is 2.10 bits per heavy atom. The highest BCUT2D eigenvalue weighted by Gasteiger charge is 2.35. The van der Waals surface area contributed by atoms with Gasteiger partial charge in [0.1, 0.15) is 0 Å². The van der Waals surface area contributed by atoms with Crippen LogP contribution in [0.5, 0.6) is 0 Å². The van der Waals surface area contributed by atoms with E-state index >= 15 is 0 Å². The first-order valence-corrected chi connectivity index (χ1v) is 8.12. The Bertz CT molecular complexity index is 547. The molecule has 1 aromatic heterocycles. The van der Waals surface area contributed by atoms with Crippen molar-refractivity contribution in [2.24, 2.45) is 5.41 Å². The van der Waals surface area contributed by atoms with Crippen molar-refractivity contribution in [3.05, 3.63) is 12.5 Å². The lowest BCUT2D eigenvalue weighted by Crippen LogP contribution is -2.40. The molecule has 1 fully saturated rings. The molecule has 1 aliphatic rings. The maximum atomic E-state index is 12.0. The normalized spacial score (nSPS) is 18.8. The lowest BCUT2D eigenvalue weighted by Gasteiger charge is -2.36. The van der Waals surface area contributed by atoms with E-state index in [1.54, 1.807) is 0 Å². The highest BCUT2D eigenvalue weighted by atomic mass is 32.2. The molecule has 20 heavy (non-hydrogen) atoms. The molecule has 1 aromatic rings. The maximum Gasteiger partial charge on any atom is 0.303 e. The number of rotatable bonds is 6. The van der Waals surface area contributed by atoms with E-state index in [1.165, 1.54) is 12.5 Å². The Kier molecular flexibility index (Phi) is 4.44. The van der Waals surface area contributed by atoms with Crippen LogP contribution in [0.3, 0.4) is 0 Å². The van der Waals surface area contributed by atoms with Crippen LogP contribution in [0.4, 0.5) is 0 Å². The molecule has 0 spiro atoms. The Hall–Kier alpha value is -1.41. The van der Waals surface area contributed by atoms with Crippen LogP contribution in [-0.2, 0) is 14.8 Å². The molecule has 1 heterocycles. The summed E-state index contributed by atoms with van der Waals surface area (Å²) in [4.78, 5) is 17.3. The molecule has 0 aromatic carbocycles. The minimum Gasteiger partial charge on any atom is -0.481 e. The molecule has 0 saturated heterocycles. The number of aliphatic carboxylic acids is 1. The van der Waals surface area contributed by atoms with Crippen molar-refractivity contribution in [3.8, 4) is 0 Å². The fourth-order valence-electron chi connectivity index (χ4n) is 2.75. The number of nitrogens with one attached hydrogen (secondary N) is 2. The van der Waals surface area contributed by atoms with Crippen molar-refractivity contribution >= 4 is 16.0 Å². The number of carboxylic acids is 1. The van der Waals surface area contributed by atoms with Gasteiger partial charge in [-0.1, -0.05) is 19.3 Å². The zero-order valence-corrected chi connectivity index (χ0v) is 11.9. The van der Waals surface area contributed by atoms with Gasteiger partial charge in [0.15, 0.2) is 5.03 Å². The molecule has 0 unspecified atom stereocenters. The smallest absolute Gasteiger partial charge is 0.303 e. The summed E-state index contributed by atoms with van der Waals surface area (Å²) < 4.78 is 26.6. The third-order valence-electron chi connectivity index (χ3n) is 3.84. The van der Waals surface area contributed by atoms with Crippen LogP contribution < -0.4 is 4.72 Å². The minimum absolute atomic E-state index is 0.00113. The number of imidazole rings is 1. The topological polar surface area (TPSA) is 112 Å². The average Bonchev–Trinajstić information content (AvgIpc) is 2.92. The second kappa shape index (κ2) is 5.92. The number of carbonyl (C=O) groups is 1. The van der Waals surface area contributed by atoms with E-state index in [4.69, 9.17) is 5.11 Å². The van der Waals surface area contributed by atoms with Crippen LogP contribution in [0.25, 0.3) is 0 Å². The van der Waals surface area contributed by atoms with Crippen molar-refractivity contribution in [1.29, 1.82) is 0 Å². The van der Waals surface area contributed by atoms with Gasteiger partial charge in [0.2, 0.25) is 0 Å². The molecule has 0 bridgehead atoms. The summed E-state index contributed by atoms with van der Waals surface area (Å²) in [6.07, 6.45) is 6.97. The van der Waals surface area contributed by atoms with Crippen molar-refractivity contribution in [1.82, 2.24) is 14.7 Å². The summed E-state index contributed by atoms with van der Waals surface area (Å²) in [6, 6.07) is 0. The van der Waals surface area contributed by atoms with E-state index in [0.717, 1.165) is 32.1 Å². The summed E-state index contributed by atoms with van der Waals surface area (Å²) in [5.41, 5.74) is -0.475. The van der Waals surface area contributed by atoms with Crippen molar-refractivity contribution in [2.75, 3.05) is 6.54 Å². The van der Waals surface area contributed by atoms with Gasteiger partial charge in [0, 0.05) is 6.54 Å². The fraction of sp³-hybridized carbons (Fsp3) is 0.667. The number of carboxylic acid groups (broad SMARTS) is 1. The quantitative estimate of drug-likeness (QED) is 0.728. The summed E-state index contributed by atoms with van der Waals surface area (Å²) in [7, 11) is -3.65. The van der Waals surface area contributed by atoms with Gasteiger partial charge in [-0.3, -0.25) is 4.79 Å². The average molecular weight is 301 g/mol. The van der Waals surface area contributed by atoms with Gasteiger partial charge in [-0.15, -0.1) is 0 Å². The van der Waals surface area contributed by atoms with Crippen molar-refractivity contribution in [3.63, 3.8) is 0 Å². The van der Waals surface area contributed by atoms with Crippen LogP contribution in [0.15, 0.2) is 17.6 Å². The molecule has 8 heteroatoms. The predicted octanol–water partition coefficient (Wildman–Crippen LogP) is 1.11. The van der Waals surface area contributed by atoms with Gasteiger partial charge in [0.25, 0.3) is 10.0 Å². The fourth-order valence-corrected chi connectivity index (χ4v) is 3.81. The monoisotopic (exact) mass is 301 g/mol. The Labute approximate surface area is 117 Å². The van der Waals surface area contributed by atoms with E-state index in [2.05, 4.69) is 14.7 Å². The van der Waals surface area contributed by atoms with Gasteiger partial charge >= 0.3 is 5.97 Å². The van der Waals surface area contributed by atoms with E-state index in [9.17, 15) is 13.2 Å². The second-order valence-corrected chi connectivity index (χ2v) is 7.11. The third-order valence-corrected chi connectivity index (χ3v) is 5.17. The molecule has 3 N–H and O–H groups in total. The lowest BCUT2D eigenvalue weighted by atomic mass is 9.72. The molecule has 112 valence electrons. The lowest BCUT2D eigenvalue weighted by molar-refractivity contribution is -0.140. The SMILES string of the molecule is O=C(O)CC1(CNS(=O)(=O)c2cnc[nH]2)CCCCC1. The van der Waals surface area contributed by atoms with Gasteiger partial charge in [-0.25, -0.2) is 18.1 Å². The first-order chi connectivity index (χ1) is 9.44. The summed E-state index contributed by atoms with van der Waals surface area (Å²) in [5.74, 6) is -0.882. The number of sulfonamides is 1. The summed E-state index contributed by atoms with van der Waals surface area (Å²) in [6.45, 7) is 0.153. The number of hydrogen-bond donors (Lipinski definition) is 3. The number of aromatic nitrogens is 2. The van der Waals surface area contributed by atoms with Crippen molar-refractivity contribution in [2.45, 2.75) is 43.6 Å². The van der Waals surface area contributed by atoms with E-state index < -0.39 is 21.4 Å². The Morgan fingerprint density at radius 1 is 1.40 bits per heavy atom. The van der Waals surface area contributed by atoms with E-state index in [0.29, 0.717) is 0 Å². The second-order valence-electron chi connectivity index (χ2n) is 5.37. The van der Waals surface area contributed by atoms with Gasteiger partial charge in [0.05, 0.1) is 18.9 Å². The molecule has 1 aliphatic carbocycles. The molecule has 0 aliphatic heterocycles. The highest BCUT2D eigenvalue weighted by Crippen LogP contribution is 2.39. The predicted molar refractivity (Wildman–Crippen MR) is 71.5 cm³/mol. The molecule has 7 nitrogen and oxygen atoms in total. The van der Waals surface area contributed by atoms with Gasteiger partial charge in [-0.2, -0.15) is 0 Å². The van der Waals surface area contributed by atoms with Crippen LogP contribution in [0, 0.1) is 5.41 Å². The van der Waals surface area contributed by atoms with E-state index in [1.807, 2.05) is 0 Å².